The number of fused-ring (bicyclic) bond motifs is 5. The summed E-state index contributed by atoms with van der Waals surface area (Å²) in [6.45, 7) is 11.1. The average Bonchev–Trinajstić information content (AvgIpc) is 2.74. The first kappa shape index (κ1) is 16.8. The van der Waals surface area contributed by atoms with Crippen LogP contribution in [0.4, 0.5) is 0 Å². The van der Waals surface area contributed by atoms with Crippen molar-refractivity contribution in [2.24, 2.45) is 34.0 Å². The first-order valence-electron chi connectivity index (χ1n) is 10.0. The van der Waals surface area contributed by atoms with Gasteiger partial charge in [-0.25, -0.2) is 0 Å². The van der Waals surface area contributed by atoms with Gasteiger partial charge in [-0.3, -0.25) is 4.79 Å². The average molecular weight is 331 g/mol. The summed E-state index contributed by atoms with van der Waals surface area (Å²) in [5, 5.41) is 11.0. The third kappa shape index (κ3) is 1.84. The van der Waals surface area contributed by atoms with Crippen molar-refractivity contribution in [3.05, 3.63) is 11.6 Å². The van der Waals surface area contributed by atoms with Gasteiger partial charge in [0.2, 0.25) is 0 Å². The number of Topliss-reactive ketones (excluding diaryl/α,β-unsaturated/α-hetero) is 1. The molecule has 3 saturated carbocycles. The maximum atomic E-state index is 12.5. The fraction of sp³-hybridized carbons (Fsp3) is 0.864. The molecular weight excluding hydrogens is 296 g/mol. The van der Waals surface area contributed by atoms with E-state index in [2.05, 4.69) is 40.7 Å². The molecule has 0 aliphatic heterocycles. The predicted octanol–water partition coefficient (Wildman–Crippen LogP) is 4.91. The summed E-state index contributed by atoms with van der Waals surface area (Å²) < 4.78 is 0. The van der Waals surface area contributed by atoms with E-state index in [0.717, 1.165) is 32.1 Å². The van der Waals surface area contributed by atoms with E-state index >= 15 is 0 Å². The quantitative estimate of drug-likeness (QED) is 0.641. The SMILES string of the molecule is CC1(C)C(=O)CC[C@]2(C)C1=CC[C@H]1[C@@H]3CC[C@](C)(O)[C@@]3(C)CC[C@@H]12. The highest BCUT2D eigenvalue weighted by Crippen LogP contribution is 2.68. The van der Waals surface area contributed by atoms with Crippen LogP contribution in [0.25, 0.3) is 0 Å². The van der Waals surface area contributed by atoms with E-state index in [1.807, 2.05) is 0 Å². The Labute approximate surface area is 147 Å². The van der Waals surface area contributed by atoms with Crippen LogP contribution < -0.4 is 0 Å². The largest absolute Gasteiger partial charge is 0.390 e. The Morgan fingerprint density at radius 2 is 1.67 bits per heavy atom. The molecule has 0 aromatic carbocycles. The Balaban J connectivity index is 1.75. The summed E-state index contributed by atoms with van der Waals surface area (Å²) in [6.07, 6.45) is 9.81. The highest BCUT2D eigenvalue weighted by molar-refractivity contribution is 5.89. The van der Waals surface area contributed by atoms with Gasteiger partial charge in [-0.1, -0.05) is 25.5 Å². The normalized spacial score (nSPS) is 53.0. The van der Waals surface area contributed by atoms with Crippen LogP contribution in [0.3, 0.4) is 0 Å². The molecule has 0 amide bonds. The number of hydrogen-bond donors (Lipinski definition) is 1. The highest BCUT2D eigenvalue weighted by Gasteiger charge is 2.63. The van der Waals surface area contributed by atoms with Gasteiger partial charge < -0.3 is 5.11 Å². The van der Waals surface area contributed by atoms with Crippen molar-refractivity contribution in [1.82, 2.24) is 0 Å². The molecular formula is C22H34O2. The summed E-state index contributed by atoms with van der Waals surface area (Å²) in [6, 6.07) is 0. The second kappa shape index (κ2) is 4.75. The number of ketones is 1. The number of aliphatic hydroxyl groups is 1. The lowest BCUT2D eigenvalue weighted by atomic mass is 9.44. The van der Waals surface area contributed by atoms with Crippen molar-refractivity contribution < 1.29 is 9.90 Å². The van der Waals surface area contributed by atoms with Crippen LogP contribution >= 0.6 is 0 Å². The van der Waals surface area contributed by atoms with Gasteiger partial charge in [-0.05, 0) is 87.9 Å². The van der Waals surface area contributed by atoms with Crippen LogP contribution in [-0.2, 0) is 4.79 Å². The summed E-state index contributed by atoms with van der Waals surface area (Å²) in [5.41, 5.74) is 0.919. The van der Waals surface area contributed by atoms with E-state index in [9.17, 15) is 9.90 Å². The first-order chi connectivity index (χ1) is 11.0. The molecule has 6 atom stereocenters. The number of hydrogen-bond acceptors (Lipinski definition) is 2. The Bertz CT molecular complexity index is 613. The monoisotopic (exact) mass is 330 g/mol. The van der Waals surface area contributed by atoms with Crippen LogP contribution in [-0.4, -0.2) is 16.5 Å². The maximum absolute atomic E-state index is 12.5. The molecule has 0 aromatic heterocycles. The summed E-state index contributed by atoms with van der Waals surface area (Å²) in [5.74, 6) is 2.45. The molecule has 3 fully saturated rings. The molecule has 0 spiro atoms. The first-order valence-corrected chi connectivity index (χ1v) is 10.0. The number of carbonyl (C=O) groups is 1. The highest BCUT2D eigenvalue weighted by atomic mass is 16.3. The van der Waals surface area contributed by atoms with Crippen molar-refractivity contribution in [2.45, 2.75) is 85.2 Å². The van der Waals surface area contributed by atoms with E-state index < -0.39 is 5.60 Å². The third-order valence-corrected chi connectivity index (χ3v) is 9.27. The van der Waals surface area contributed by atoms with Crippen molar-refractivity contribution in [3.8, 4) is 0 Å². The molecule has 0 heterocycles. The number of allylic oxidation sites excluding steroid dienone is 2. The van der Waals surface area contributed by atoms with Crippen LogP contribution in [0.5, 0.6) is 0 Å². The Morgan fingerprint density at radius 3 is 2.38 bits per heavy atom. The smallest absolute Gasteiger partial charge is 0.142 e. The molecule has 4 rings (SSSR count). The molecule has 4 aliphatic rings. The zero-order valence-corrected chi connectivity index (χ0v) is 16.1. The summed E-state index contributed by atoms with van der Waals surface area (Å²) in [4.78, 5) is 12.5. The molecule has 0 radical (unpaired) electrons. The molecule has 134 valence electrons. The molecule has 0 unspecified atom stereocenters. The maximum Gasteiger partial charge on any atom is 0.142 e. The molecule has 2 nitrogen and oxygen atoms in total. The van der Waals surface area contributed by atoms with Gasteiger partial charge >= 0.3 is 0 Å². The van der Waals surface area contributed by atoms with Gasteiger partial charge in [0.05, 0.1) is 5.60 Å². The molecule has 4 aliphatic carbocycles. The molecule has 0 saturated heterocycles. The molecule has 24 heavy (non-hydrogen) atoms. The van der Waals surface area contributed by atoms with Crippen LogP contribution in [0.1, 0.15) is 79.6 Å². The summed E-state index contributed by atoms with van der Waals surface area (Å²) >= 11 is 0. The number of carbonyl (C=O) groups excluding carboxylic acids is 1. The van der Waals surface area contributed by atoms with Gasteiger partial charge in [-0.15, -0.1) is 0 Å². The lowest BCUT2D eigenvalue weighted by Gasteiger charge is -2.60. The van der Waals surface area contributed by atoms with E-state index in [1.54, 1.807) is 0 Å². The predicted molar refractivity (Wildman–Crippen MR) is 96.5 cm³/mol. The van der Waals surface area contributed by atoms with Crippen molar-refractivity contribution in [1.29, 1.82) is 0 Å². The van der Waals surface area contributed by atoms with Crippen molar-refractivity contribution in [2.75, 3.05) is 0 Å². The standard InChI is InChI=1S/C22H34O2/c1-19(2)17-7-6-14-15(20(17,3)11-10-18(19)23)8-12-21(4)16(14)9-13-22(21,5)24/h7,14-16,24H,6,8-13H2,1-5H3/t14-,15+,16+,20+,21+,22+/m1/s1. The summed E-state index contributed by atoms with van der Waals surface area (Å²) in [7, 11) is 0. The van der Waals surface area contributed by atoms with Crippen molar-refractivity contribution in [3.63, 3.8) is 0 Å². The van der Waals surface area contributed by atoms with Crippen molar-refractivity contribution >= 4 is 5.78 Å². The fourth-order valence-electron chi connectivity index (χ4n) is 7.46. The van der Waals surface area contributed by atoms with E-state index in [-0.39, 0.29) is 16.2 Å². The minimum absolute atomic E-state index is 0.0792. The molecule has 2 heteroatoms. The zero-order valence-electron chi connectivity index (χ0n) is 16.1. The Kier molecular flexibility index (Phi) is 3.33. The second-order valence-corrected chi connectivity index (χ2v) is 10.5. The third-order valence-electron chi connectivity index (χ3n) is 9.27. The van der Waals surface area contributed by atoms with Crippen LogP contribution in [0.15, 0.2) is 11.6 Å². The Hall–Kier alpha value is -0.630. The lowest BCUT2D eigenvalue weighted by molar-refractivity contribution is -0.135. The molecule has 1 N–H and O–H groups in total. The fourth-order valence-corrected chi connectivity index (χ4v) is 7.46. The van der Waals surface area contributed by atoms with Gasteiger partial charge in [0.15, 0.2) is 0 Å². The van der Waals surface area contributed by atoms with E-state index in [1.165, 1.54) is 18.4 Å². The molecule has 0 aromatic rings. The lowest BCUT2D eigenvalue weighted by Crippen LogP contribution is -2.55. The van der Waals surface area contributed by atoms with Gasteiger partial charge in [0, 0.05) is 11.8 Å². The molecule has 0 bridgehead atoms. The van der Waals surface area contributed by atoms with Gasteiger partial charge in [0.25, 0.3) is 0 Å². The van der Waals surface area contributed by atoms with E-state index in [4.69, 9.17) is 0 Å². The minimum atomic E-state index is -0.505. The second-order valence-electron chi connectivity index (χ2n) is 10.5. The van der Waals surface area contributed by atoms with E-state index in [0.29, 0.717) is 23.5 Å². The van der Waals surface area contributed by atoms with Gasteiger partial charge in [-0.2, -0.15) is 0 Å². The van der Waals surface area contributed by atoms with Gasteiger partial charge in [0.1, 0.15) is 5.78 Å². The van der Waals surface area contributed by atoms with Crippen LogP contribution in [0.2, 0.25) is 0 Å². The van der Waals surface area contributed by atoms with Crippen LogP contribution in [0, 0.1) is 34.0 Å². The number of rotatable bonds is 0. The topological polar surface area (TPSA) is 37.3 Å². The zero-order chi connectivity index (χ0) is 17.5. The minimum Gasteiger partial charge on any atom is -0.390 e. The Morgan fingerprint density at radius 1 is 1.00 bits per heavy atom.